The van der Waals surface area contributed by atoms with Crippen molar-refractivity contribution in [3.05, 3.63) is 35.1 Å². The molecule has 0 aromatic heterocycles. The van der Waals surface area contributed by atoms with E-state index in [9.17, 15) is 17.6 Å². The SMILES string of the molecule is Fc1cc(CC(F)(F)F)ccc1CCBr. The van der Waals surface area contributed by atoms with Crippen LogP contribution in [0.2, 0.25) is 0 Å². The predicted octanol–water partition coefficient (Wildman–Crippen LogP) is 3.87. The highest BCUT2D eigenvalue weighted by Crippen LogP contribution is 2.22. The Kier molecular flexibility index (Phi) is 4.13. The summed E-state index contributed by atoms with van der Waals surface area (Å²) in [6, 6.07) is 3.66. The van der Waals surface area contributed by atoms with E-state index in [0.29, 0.717) is 17.3 Å². The Labute approximate surface area is 93.4 Å². The summed E-state index contributed by atoms with van der Waals surface area (Å²) in [4.78, 5) is 0. The molecule has 0 nitrogen and oxygen atoms in total. The minimum Gasteiger partial charge on any atom is -0.207 e. The van der Waals surface area contributed by atoms with Gasteiger partial charge in [0.05, 0.1) is 6.42 Å². The van der Waals surface area contributed by atoms with Crippen LogP contribution < -0.4 is 0 Å². The van der Waals surface area contributed by atoms with E-state index in [4.69, 9.17) is 0 Å². The Morgan fingerprint density at radius 2 is 1.87 bits per heavy atom. The van der Waals surface area contributed by atoms with Crippen molar-refractivity contribution in [3.63, 3.8) is 0 Å². The predicted molar refractivity (Wildman–Crippen MR) is 53.7 cm³/mol. The van der Waals surface area contributed by atoms with Crippen LogP contribution in [0.4, 0.5) is 17.6 Å². The molecule has 0 spiro atoms. The average Bonchev–Trinajstić information content (AvgIpc) is 2.07. The van der Waals surface area contributed by atoms with Gasteiger partial charge in [-0.3, -0.25) is 0 Å². The largest absolute Gasteiger partial charge is 0.393 e. The second-order valence-corrected chi connectivity index (χ2v) is 3.95. The molecule has 0 N–H and O–H groups in total. The van der Waals surface area contributed by atoms with Crippen molar-refractivity contribution >= 4 is 15.9 Å². The Morgan fingerprint density at radius 3 is 2.33 bits per heavy atom. The van der Waals surface area contributed by atoms with Crippen molar-refractivity contribution in [3.8, 4) is 0 Å². The zero-order chi connectivity index (χ0) is 11.5. The maximum atomic E-state index is 13.2. The molecule has 0 aliphatic heterocycles. The zero-order valence-electron chi connectivity index (χ0n) is 7.74. The van der Waals surface area contributed by atoms with Gasteiger partial charge in [0, 0.05) is 5.33 Å². The first kappa shape index (κ1) is 12.5. The molecule has 0 radical (unpaired) electrons. The lowest BCUT2D eigenvalue weighted by molar-refractivity contribution is -0.127. The Bertz CT molecular complexity index is 333. The molecular formula is C10H9BrF4. The van der Waals surface area contributed by atoms with Crippen LogP contribution in [0.3, 0.4) is 0 Å². The summed E-state index contributed by atoms with van der Waals surface area (Å²) < 4.78 is 49.2. The molecular weight excluding hydrogens is 276 g/mol. The summed E-state index contributed by atoms with van der Waals surface area (Å²) in [7, 11) is 0. The van der Waals surface area contributed by atoms with E-state index in [0.717, 1.165) is 6.07 Å². The van der Waals surface area contributed by atoms with E-state index < -0.39 is 18.4 Å². The maximum Gasteiger partial charge on any atom is 0.393 e. The van der Waals surface area contributed by atoms with E-state index in [1.807, 2.05) is 0 Å². The number of hydrogen-bond acceptors (Lipinski definition) is 0. The van der Waals surface area contributed by atoms with Gasteiger partial charge >= 0.3 is 6.18 Å². The van der Waals surface area contributed by atoms with Crippen LogP contribution in [-0.2, 0) is 12.8 Å². The fourth-order valence-electron chi connectivity index (χ4n) is 1.24. The monoisotopic (exact) mass is 284 g/mol. The van der Waals surface area contributed by atoms with Crippen molar-refractivity contribution in [2.75, 3.05) is 5.33 Å². The van der Waals surface area contributed by atoms with Gasteiger partial charge in [-0.1, -0.05) is 28.1 Å². The van der Waals surface area contributed by atoms with Crippen LogP contribution in [0, 0.1) is 5.82 Å². The van der Waals surface area contributed by atoms with Gasteiger partial charge in [0.1, 0.15) is 5.82 Å². The Balaban J connectivity index is 2.82. The minimum atomic E-state index is -4.29. The molecule has 0 heterocycles. The van der Waals surface area contributed by atoms with Crippen LogP contribution in [0.5, 0.6) is 0 Å². The van der Waals surface area contributed by atoms with Crippen molar-refractivity contribution < 1.29 is 17.6 Å². The lowest BCUT2D eigenvalue weighted by Gasteiger charge is -2.07. The van der Waals surface area contributed by atoms with Gasteiger partial charge in [-0.2, -0.15) is 13.2 Å². The summed E-state index contributed by atoms with van der Waals surface area (Å²) in [5.74, 6) is -0.573. The fourth-order valence-corrected chi connectivity index (χ4v) is 1.66. The van der Waals surface area contributed by atoms with Gasteiger partial charge in [0.15, 0.2) is 0 Å². The molecule has 1 rings (SSSR count). The number of alkyl halides is 4. The molecule has 84 valence electrons. The van der Waals surface area contributed by atoms with E-state index >= 15 is 0 Å². The lowest BCUT2D eigenvalue weighted by atomic mass is 10.1. The third-order valence-electron chi connectivity index (χ3n) is 1.89. The van der Waals surface area contributed by atoms with E-state index in [1.54, 1.807) is 0 Å². The van der Waals surface area contributed by atoms with E-state index in [2.05, 4.69) is 15.9 Å². The molecule has 0 saturated heterocycles. The van der Waals surface area contributed by atoms with Gasteiger partial charge in [-0.15, -0.1) is 0 Å². The molecule has 0 fully saturated rings. The van der Waals surface area contributed by atoms with Gasteiger partial charge in [0.2, 0.25) is 0 Å². The van der Waals surface area contributed by atoms with E-state index in [-0.39, 0.29) is 5.56 Å². The smallest absolute Gasteiger partial charge is 0.207 e. The summed E-state index contributed by atoms with van der Waals surface area (Å²) in [5.41, 5.74) is 0.385. The Morgan fingerprint density at radius 1 is 1.20 bits per heavy atom. The Hall–Kier alpha value is -0.580. The summed E-state index contributed by atoms with van der Waals surface area (Å²) >= 11 is 3.14. The van der Waals surface area contributed by atoms with Gasteiger partial charge < -0.3 is 0 Å². The van der Waals surface area contributed by atoms with Crippen molar-refractivity contribution in [1.82, 2.24) is 0 Å². The molecule has 1 aromatic rings. The first-order valence-electron chi connectivity index (χ1n) is 4.32. The molecule has 1 aromatic carbocycles. The highest BCUT2D eigenvalue weighted by molar-refractivity contribution is 9.09. The highest BCUT2D eigenvalue weighted by Gasteiger charge is 2.27. The molecule has 0 saturated carbocycles. The first-order chi connectivity index (χ1) is 6.92. The second-order valence-electron chi connectivity index (χ2n) is 3.16. The molecule has 0 bridgehead atoms. The molecule has 0 aliphatic rings. The maximum absolute atomic E-state index is 13.2. The van der Waals surface area contributed by atoms with Crippen LogP contribution in [0.1, 0.15) is 11.1 Å². The standard InChI is InChI=1S/C10H9BrF4/c11-4-3-8-2-1-7(5-9(8)12)6-10(13,14)15/h1-2,5H,3-4,6H2. The lowest BCUT2D eigenvalue weighted by Crippen LogP contribution is -2.11. The topological polar surface area (TPSA) is 0 Å². The molecule has 5 heteroatoms. The van der Waals surface area contributed by atoms with E-state index in [1.165, 1.54) is 12.1 Å². The van der Waals surface area contributed by atoms with Crippen LogP contribution in [0.25, 0.3) is 0 Å². The average molecular weight is 285 g/mol. The van der Waals surface area contributed by atoms with Crippen LogP contribution in [0.15, 0.2) is 18.2 Å². The van der Waals surface area contributed by atoms with Crippen molar-refractivity contribution in [2.45, 2.75) is 19.0 Å². The third kappa shape index (κ3) is 4.20. The van der Waals surface area contributed by atoms with Gasteiger partial charge in [-0.25, -0.2) is 4.39 Å². The fraction of sp³-hybridized carbons (Fsp3) is 0.400. The summed E-state index contributed by atoms with van der Waals surface area (Å²) in [6.45, 7) is 0. The number of benzene rings is 1. The number of rotatable bonds is 3. The summed E-state index contributed by atoms with van der Waals surface area (Å²) in [6.07, 6.45) is -4.90. The van der Waals surface area contributed by atoms with Crippen molar-refractivity contribution in [1.29, 1.82) is 0 Å². The van der Waals surface area contributed by atoms with Gasteiger partial charge in [-0.05, 0) is 23.6 Å². The third-order valence-corrected chi connectivity index (χ3v) is 2.28. The van der Waals surface area contributed by atoms with Gasteiger partial charge in [0.25, 0.3) is 0 Å². The molecule has 0 aliphatic carbocycles. The normalized spacial score (nSPS) is 11.8. The first-order valence-corrected chi connectivity index (χ1v) is 5.44. The number of aryl methyl sites for hydroxylation is 1. The molecule has 15 heavy (non-hydrogen) atoms. The quantitative estimate of drug-likeness (QED) is 0.584. The summed E-state index contributed by atoms with van der Waals surface area (Å²) in [5, 5.41) is 0.586. The van der Waals surface area contributed by atoms with Crippen molar-refractivity contribution in [2.24, 2.45) is 0 Å². The number of halogens is 5. The number of hydrogen-bond donors (Lipinski definition) is 0. The molecule has 0 unspecified atom stereocenters. The zero-order valence-corrected chi connectivity index (χ0v) is 9.33. The molecule has 0 amide bonds. The minimum absolute atomic E-state index is 0.0432. The molecule has 0 atom stereocenters. The highest BCUT2D eigenvalue weighted by atomic mass is 79.9. The van der Waals surface area contributed by atoms with Crippen LogP contribution >= 0.6 is 15.9 Å². The van der Waals surface area contributed by atoms with Crippen LogP contribution in [-0.4, -0.2) is 11.5 Å². The second kappa shape index (κ2) is 4.96.